The van der Waals surface area contributed by atoms with Crippen molar-refractivity contribution in [2.45, 2.75) is 34.1 Å². The van der Waals surface area contributed by atoms with Crippen molar-refractivity contribution in [3.63, 3.8) is 0 Å². The molecular formula is C13H18N2O3. The molecule has 1 heterocycles. The topological polar surface area (TPSA) is 79.3 Å². The van der Waals surface area contributed by atoms with Crippen LogP contribution in [0, 0.1) is 12.3 Å². The predicted molar refractivity (Wildman–Crippen MR) is 68.6 cm³/mol. The van der Waals surface area contributed by atoms with Crippen LogP contribution >= 0.6 is 0 Å². The quantitative estimate of drug-likeness (QED) is 0.863. The molecule has 98 valence electrons. The van der Waals surface area contributed by atoms with E-state index in [0.717, 1.165) is 0 Å². The summed E-state index contributed by atoms with van der Waals surface area (Å²) in [6, 6.07) is 1.42. The van der Waals surface area contributed by atoms with Crippen molar-refractivity contribution in [2.24, 2.45) is 5.41 Å². The lowest BCUT2D eigenvalue weighted by atomic mass is 9.92. The monoisotopic (exact) mass is 250 g/mol. The largest absolute Gasteiger partial charge is 0.478 e. The second-order valence-corrected chi connectivity index (χ2v) is 5.45. The fourth-order valence-corrected chi connectivity index (χ4v) is 1.45. The van der Waals surface area contributed by atoms with Crippen molar-refractivity contribution < 1.29 is 14.7 Å². The number of aromatic nitrogens is 1. The fourth-order valence-electron chi connectivity index (χ4n) is 1.45. The molecule has 1 aromatic heterocycles. The van der Waals surface area contributed by atoms with Gasteiger partial charge in [0.25, 0.3) is 0 Å². The molecule has 0 aliphatic carbocycles. The Morgan fingerprint density at radius 1 is 1.39 bits per heavy atom. The van der Waals surface area contributed by atoms with Crippen molar-refractivity contribution in [3.05, 3.63) is 23.5 Å². The molecule has 1 aromatic rings. The number of hydrogen-bond acceptors (Lipinski definition) is 3. The Balaban J connectivity index is 2.87. The summed E-state index contributed by atoms with van der Waals surface area (Å²) in [5, 5.41) is 11.6. The van der Waals surface area contributed by atoms with E-state index in [0.29, 0.717) is 17.8 Å². The second-order valence-electron chi connectivity index (χ2n) is 5.45. The van der Waals surface area contributed by atoms with E-state index in [-0.39, 0.29) is 16.9 Å². The summed E-state index contributed by atoms with van der Waals surface area (Å²) < 4.78 is 0. The zero-order valence-electron chi connectivity index (χ0n) is 11.1. The van der Waals surface area contributed by atoms with Gasteiger partial charge < -0.3 is 10.4 Å². The van der Waals surface area contributed by atoms with Gasteiger partial charge in [0.1, 0.15) is 0 Å². The molecule has 0 spiro atoms. The molecule has 18 heavy (non-hydrogen) atoms. The maximum absolute atomic E-state index is 11.8. The highest BCUT2D eigenvalue weighted by Crippen LogP contribution is 2.21. The molecule has 1 amide bonds. The number of carboxylic acid groups (broad SMARTS) is 1. The number of hydrogen-bond donors (Lipinski definition) is 2. The Morgan fingerprint density at radius 2 is 2.00 bits per heavy atom. The number of carbonyl (C=O) groups is 2. The van der Waals surface area contributed by atoms with E-state index in [9.17, 15) is 9.59 Å². The molecular weight excluding hydrogens is 232 g/mol. The number of aryl methyl sites for hydroxylation is 1. The average molecular weight is 250 g/mol. The smallest absolute Gasteiger partial charge is 0.337 e. The summed E-state index contributed by atoms with van der Waals surface area (Å²) in [6.07, 6.45) is 1.64. The van der Waals surface area contributed by atoms with E-state index in [1.165, 1.54) is 12.3 Å². The Morgan fingerprint density at radius 3 is 2.50 bits per heavy atom. The number of nitrogens with one attached hydrogen (secondary N) is 1. The van der Waals surface area contributed by atoms with E-state index in [2.05, 4.69) is 10.3 Å². The highest BCUT2D eigenvalue weighted by atomic mass is 16.4. The van der Waals surface area contributed by atoms with Crippen LogP contribution in [0.3, 0.4) is 0 Å². The molecule has 0 saturated carbocycles. The summed E-state index contributed by atoms with van der Waals surface area (Å²) in [5.41, 5.74) is 0.994. The van der Waals surface area contributed by atoms with Gasteiger partial charge in [-0.1, -0.05) is 20.8 Å². The lowest BCUT2D eigenvalue weighted by Gasteiger charge is -2.17. The molecule has 5 heteroatoms. The highest BCUT2D eigenvalue weighted by Gasteiger charge is 2.17. The molecule has 5 nitrogen and oxygen atoms in total. The van der Waals surface area contributed by atoms with Crippen LogP contribution in [-0.2, 0) is 4.79 Å². The molecule has 0 atom stereocenters. The summed E-state index contributed by atoms with van der Waals surface area (Å²) in [5.74, 6) is -1.20. The van der Waals surface area contributed by atoms with Gasteiger partial charge in [0, 0.05) is 12.6 Å². The molecule has 0 saturated heterocycles. The standard InChI is InChI=1S/C13H18N2O3/c1-8-10(5-9(7-14-8)12(17)18)15-11(16)6-13(2,3)4/h5,7H,6H2,1-4H3,(H,15,16)(H,17,18). The number of amides is 1. The number of anilines is 1. The Kier molecular flexibility index (Phi) is 4.06. The Hall–Kier alpha value is -1.91. The molecule has 0 fully saturated rings. The van der Waals surface area contributed by atoms with Gasteiger partial charge in [-0.25, -0.2) is 4.79 Å². The summed E-state index contributed by atoms with van der Waals surface area (Å²) in [6.45, 7) is 7.61. The lowest BCUT2D eigenvalue weighted by molar-refractivity contribution is -0.117. The molecule has 0 aromatic carbocycles. The minimum Gasteiger partial charge on any atom is -0.478 e. The van der Waals surface area contributed by atoms with Gasteiger partial charge in [0.15, 0.2) is 0 Å². The van der Waals surface area contributed by atoms with Crippen molar-refractivity contribution in [1.82, 2.24) is 4.98 Å². The van der Waals surface area contributed by atoms with E-state index in [1.54, 1.807) is 6.92 Å². The first-order valence-corrected chi connectivity index (χ1v) is 5.69. The summed E-state index contributed by atoms with van der Waals surface area (Å²) >= 11 is 0. The van der Waals surface area contributed by atoms with E-state index >= 15 is 0 Å². The molecule has 0 radical (unpaired) electrons. The van der Waals surface area contributed by atoms with Crippen LogP contribution in [0.5, 0.6) is 0 Å². The first-order chi connectivity index (χ1) is 8.19. The maximum atomic E-state index is 11.8. The molecule has 0 unspecified atom stereocenters. The third-order valence-electron chi connectivity index (χ3n) is 2.30. The Labute approximate surface area is 106 Å². The number of pyridine rings is 1. The van der Waals surface area contributed by atoms with Gasteiger partial charge in [-0.05, 0) is 18.4 Å². The van der Waals surface area contributed by atoms with Crippen molar-refractivity contribution >= 4 is 17.6 Å². The maximum Gasteiger partial charge on any atom is 0.337 e. The van der Waals surface area contributed by atoms with Gasteiger partial charge in [-0.15, -0.1) is 0 Å². The van der Waals surface area contributed by atoms with Gasteiger partial charge in [-0.2, -0.15) is 0 Å². The molecule has 2 N–H and O–H groups in total. The zero-order valence-corrected chi connectivity index (χ0v) is 11.1. The van der Waals surface area contributed by atoms with Crippen LogP contribution in [0.1, 0.15) is 43.2 Å². The van der Waals surface area contributed by atoms with Gasteiger partial charge in [0.05, 0.1) is 16.9 Å². The third-order valence-corrected chi connectivity index (χ3v) is 2.30. The zero-order chi connectivity index (χ0) is 13.9. The van der Waals surface area contributed by atoms with Gasteiger partial charge >= 0.3 is 5.97 Å². The van der Waals surface area contributed by atoms with Crippen LogP contribution < -0.4 is 5.32 Å². The van der Waals surface area contributed by atoms with Crippen LogP contribution in [-0.4, -0.2) is 22.0 Å². The molecule has 0 aliphatic rings. The number of rotatable bonds is 3. The van der Waals surface area contributed by atoms with E-state index < -0.39 is 5.97 Å². The van der Waals surface area contributed by atoms with E-state index in [1.807, 2.05) is 20.8 Å². The summed E-state index contributed by atoms with van der Waals surface area (Å²) in [4.78, 5) is 26.6. The van der Waals surface area contributed by atoms with Crippen LogP contribution in [0.2, 0.25) is 0 Å². The average Bonchev–Trinajstić information content (AvgIpc) is 2.18. The second kappa shape index (κ2) is 5.16. The van der Waals surface area contributed by atoms with Gasteiger partial charge in [-0.3, -0.25) is 9.78 Å². The number of carboxylic acids is 1. The van der Waals surface area contributed by atoms with E-state index in [4.69, 9.17) is 5.11 Å². The predicted octanol–water partition coefficient (Wildman–Crippen LogP) is 2.46. The number of carbonyl (C=O) groups excluding carboxylic acids is 1. The SMILES string of the molecule is Cc1ncc(C(=O)O)cc1NC(=O)CC(C)(C)C. The fraction of sp³-hybridized carbons (Fsp3) is 0.462. The van der Waals surface area contributed by atoms with Crippen molar-refractivity contribution in [2.75, 3.05) is 5.32 Å². The third kappa shape index (κ3) is 4.16. The number of nitrogens with zero attached hydrogens (tertiary/aromatic N) is 1. The highest BCUT2D eigenvalue weighted by molar-refractivity contribution is 5.94. The van der Waals surface area contributed by atoms with Crippen LogP contribution in [0.25, 0.3) is 0 Å². The molecule has 0 bridgehead atoms. The minimum absolute atomic E-state index is 0.0617. The van der Waals surface area contributed by atoms with Crippen molar-refractivity contribution in [1.29, 1.82) is 0 Å². The molecule has 1 rings (SSSR count). The summed E-state index contributed by atoms with van der Waals surface area (Å²) in [7, 11) is 0. The Bertz CT molecular complexity index is 476. The van der Waals surface area contributed by atoms with Crippen molar-refractivity contribution in [3.8, 4) is 0 Å². The molecule has 0 aliphatic heterocycles. The normalized spacial score (nSPS) is 11.1. The number of aromatic carboxylic acids is 1. The van der Waals surface area contributed by atoms with Gasteiger partial charge in [0.2, 0.25) is 5.91 Å². The first-order valence-electron chi connectivity index (χ1n) is 5.69. The minimum atomic E-state index is -1.06. The first kappa shape index (κ1) is 14.2. The lowest BCUT2D eigenvalue weighted by Crippen LogP contribution is -2.20. The van der Waals surface area contributed by atoms with Crippen LogP contribution in [0.4, 0.5) is 5.69 Å². The van der Waals surface area contributed by atoms with Crippen LogP contribution in [0.15, 0.2) is 12.3 Å².